The van der Waals surface area contributed by atoms with E-state index in [1.54, 1.807) is 0 Å². The summed E-state index contributed by atoms with van der Waals surface area (Å²) in [4.78, 5) is 0. The topological polar surface area (TPSA) is 35.8 Å². The molecule has 2 nitrogen and oxygen atoms in total. The number of benzene rings is 1. The number of nitrogens with zero attached hydrogens (tertiary/aromatic N) is 1. The highest BCUT2D eigenvalue weighted by atomic mass is 19.4. The second-order valence-electron chi connectivity index (χ2n) is 3.79. The average molecular weight is 264 g/mol. The monoisotopic (exact) mass is 264 g/mol. The number of nitrogens with one attached hydrogen (secondary N) is 1. The minimum absolute atomic E-state index is 0.237. The van der Waals surface area contributed by atoms with E-state index in [-0.39, 0.29) is 5.56 Å². The largest absolute Gasteiger partial charge is 0.391 e. The molecule has 18 heavy (non-hydrogen) atoms. The Balaban J connectivity index is 2.89. The summed E-state index contributed by atoms with van der Waals surface area (Å²) < 4.78 is 62.9. The van der Waals surface area contributed by atoms with E-state index >= 15 is 0 Å². The van der Waals surface area contributed by atoms with Gasteiger partial charge in [-0.05, 0) is 19.1 Å². The van der Waals surface area contributed by atoms with E-state index in [1.165, 1.54) is 6.07 Å². The molecule has 98 valence electrons. The van der Waals surface area contributed by atoms with Crippen molar-refractivity contribution in [3.63, 3.8) is 0 Å². The average Bonchev–Trinajstić information content (AvgIpc) is 2.20. The lowest BCUT2D eigenvalue weighted by Gasteiger charge is -2.18. The van der Waals surface area contributed by atoms with Crippen molar-refractivity contribution in [1.82, 2.24) is 0 Å². The molecular formula is C11H9F5N2. The molecule has 0 aromatic heterocycles. The molecule has 1 atom stereocenters. The maximum absolute atomic E-state index is 13.4. The van der Waals surface area contributed by atoms with Crippen molar-refractivity contribution < 1.29 is 22.0 Å². The lowest BCUT2D eigenvalue weighted by Crippen LogP contribution is -2.24. The Morgan fingerprint density at radius 3 is 2.17 bits per heavy atom. The fraction of sp³-hybridized carbons (Fsp3) is 0.364. The molecule has 1 aromatic carbocycles. The molecule has 0 spiro atoms. The van der Waals surface area contributed by atoms with Crippen molar-refractivity contribution in [1.29, 1.82) is 5.26 Å². The van der Waals surface area contributed by atoms with E-state index in [2.05, 4.69) is 5.32 Å². The van der Waals surface area contributed by atoms with Crippen LogP contribution in [-0.2, 0) is 0 Å². The molecule has 0 fully saturated rings. The van der Waals surface area contributed by atoms with Crippen LogP contribution in [0.2, 0.25) is 0 Å². The standard InChI is InChI=1S/C11H9F5N2/c1-6(4-11(14,15)16)18-10-8(12)2-7(5-17)3-9(10)13/h2-3,6,18H,4H2,1H3. The Morgan fingerprint density at radius 1 is 1.28 bits per heavy atom. The van der Waals surface area contributed by atoms with Crippen LogP contribution in [0.5, 0.6) is 0 Å². The molecule has 1 N–H and O–H groups in total. The third kappa shape index (κ3) is 3.87. The Labute approximate surface area is 100 Å². The number of nitriles is 1. The van der Waals surface area contributed by atoms with Crippen LogP contribution in [0, 0.1) is 23.0 Å². The van der Waals surface area contributed by atoms with Crippen LogP contribution in [0.15, 0.2) is 12.1 Å². The molecule has 0 heterocycles. The molecule has 0 amide bonds. The lowest BCUT2D eigenvalue weighted by atomic mass is 10.1. The number of anilines is 1. The van der Waals surface area contributed by atoms with Gasteiger partial charge in [-0.3, -0.25) is 0 Å². The zero-order valence-corrected chi connectivity index (χ0v) is 9.28. The zero-order valence-electron chi connectivity index (χ0n) is 9.28. The predicted octanol–water partition coefficient (Wildman–Crippen LogP) is 3.59. The van der Waals surface area contributed by atoms with Crippen LogP contribution >= 0.6 is 0 Å². The molecule has 0 saturated heterocycles. The maximum atomic E-state index is 13.4. The Hall–Kier alpha value is -1.84. The summed E-state index contributed by atoms with van der Waals surface area (Å²) in [5.74, 6) is -2.19. The molecule has 0 radical (unpaired) electrons. The van der Waals surface area contributed by atoms with Crippen molar-refractivity contribution >= 4 is 5.69 Å². The first kappa shape index (κ1) is 14.2. The fourth-order valence-corrected chi connectivity index (χ4v) is 1.42. The minimum Gasteiger partial charge on any atom is -0.377 e. The molecule has 0 aliphatic carbocycles. The summed E-state index contributed by atoms with van der Waals surface area (Å²) in [6.45, 7) is 1.16. The summed E-state index contributed by atoms with van der Waals surface area (Å²) in [7, 11) is 0. The summed E-state index contributed by atoms with van der Waals surface area (Å²) in [6.07, 6.45) is -5.64. The molecule has 0 aliphatic heterocycles. The van der Waals surface area contributed by atoms with Gasteiger partial charge in [-0.25, -0.2) is 8.78 Å². The molecule has 0 aliphatic rings. The van der Waals surface area contributed by atoms with E-state index < -0.39 is 36.0 Å². The number of alkyl halides is 3. The molecule has 0 saturated carbocycles. The first-order chi connectivity index (χ1) is 8.23. The second-order valence-corrected chi connectivity index (χ2v) is 3.79. The second kappa shape index (κ2) is 5.21. The fourth-order valence-electron chi connectivity index (χ4n) is 1.42. The molecule has 1 aromatic rings. The van der Waals surface area contributed by atoms with E-state index in [4.69, 9.17) is 5.26 Å². The van der Waals surface area contributed by atoms with E-state index in [0.29, 0.717) is 0 Å². The van der Waals surface area contributed by atoms with E-state index in [9.17, 15) is 22.0 Å². The predicted molar refractivity (Wildman–Crippen MR) is 54.8 cm³/mol. The molecule has 1 unspecified atom stereocenters. The van der Waals surface area contributed by atoms with Crippen molar-refractivity contribution in [3.05, 3.63) is 29.3 Å². The van der Waals surface area contributed by atoms with Gasteiger partial charge < -0.3 is 5.32 Å². The zero-order chi connectivity index (χ0) is 13.9. The van der Waals surface area contributed by atoms with Gasteiger partial charge in [0.05, 0.1) is 18.1 Å². The van der Waals surface area contributed by atoms with Gasteiger partial charge >= 0.3 is 6.18 Å². The Bertz CT molecular complexity index is 452. The normalized spacial score (nSPS) is 12.9. The van der Waals surface area contributed by atoms with Crippen molar-refractivity contribution in [2.75, 3.05) is 5.32 Å². The van der Waals surface area contributed by atoms with Gasteiger partial charge in [-0.1, -0.05) is 0 Å². The van der Waals surface area contributed by atoms with Gasteiger partial charge in [0.15, 0.2) is 11.6 Å². The molecule has 7 heteroatoms. The maximum Gasteiger partial charge on any atom is 0.391 e. The first-order valence-electron chi connectivity index (χ1n) is 4.95. The van der Waals surface area contributed by atoms with E-state index in [1.807, 2.05) is 0 Å². The van der Waals surface area contributed by atoms with Gasteiger partial charge in [0.1, 0.15) is 5.69 Å². The van der Waals surface area contributed by atoms with Crippen LogP contribution in [-0.4, -0.2) is 12.2 Å². The van der Waals surface area contributed by atoms with Crippen molar-refractivity contribution in [2.24, 2.45) is 0 Å². The molecular weight excluding hydrogens is 255 g/mol. The first-order valence-corrected chi connectivity index (χ1v) is 4.95. The van der Waals surface area contributed by atoms with Gasteiger partial charge in [-0.2, -0.15) is 18.4 Å². The van der Waals surface area contributed by atoms with Crippen molar-refractivity contribution in [3.8, 4) is 6.07 Å². The van der Waals surface area contributed by atoms with Crippen LogP contribution < -0.4 is 5.32 Å². The Kier molecular flexibility index (Phi) is 4.11. The lowest BCUT2D eigenvalue weighted by molar-refractivity contribution is -0.136. The minimum atomic E-state index is -4.42. The third-order valence-electron chi connectivity index (χ3n) is 2.10. The number of hydrogen-bond donors (Lipinski definition) is 1. The smallest absolute Gasteiger partial charge is 0.377 e. The summed E-state index contributed by atoms with van der Waals surface area (Å²) in [5.41, 5.74) is -0.898. The van der Waals surface area contributed by atoms with Crippen LogP contribution in [0.1, 0.15) is 18.9 Å². The highest BCUT2D eigenvalue weighted by Gasteiger charge is 2.30. The summed E-state index contributed by atoms with van der Waals surface area (Å²) >= 11 is 0. The molecule has 1 rings (SSSR count). The quantitative estimate of drug-likeness (QED) is 0.847. The van der Waals surface area contributed by atoms with Gasteiger partial charge in [0, 0.05) is 6.04 Å². The van der Waals surface area contributed by atoms with Crippen LogP contribution in [0.4, 0.5) is 27.6 Å². The SMILES string of the molecule is CC(CC(F)(F)F)Nc1c(F)cc(C#N)cc1F. The third-order valence-corrected chi connectivity index (χ3v) is 2.10. The summed E-state index contributed by atoms with van der Waals surface area (Å²) in [5, 5.41) is 10.6. The van der Waals surface area contributed by atoms with Crippen LogP contribution in [0.25, 0.3) is 0 Å². The van der Waals surface area contributed by atoms with Gasteiger partial charge in [-0.15, -0.1) is 0 Å². The number of rotatable bonds is 3. The number of halogens is 5. The summed E-state index contributed by atoms with van der Waals surface area (Å²) in [6, 6.07) is 1.87. The van der Waals surface area contributed by atoms with Gasteiger partial charge in [0.2, 0.25) is 0 Å². The number of hydrogen-bond acceptors (Lipinski definition) is 2. The van der Waals surface area contributed by atoms with E-state index in [0.717, 1.165) is 19.1 Å². The van der Waals surface area contributed by atoms with Crippen LogP contribution in [0.3, 0.4) is 0 Å². The van der Waals surface area contributed by atoms with Gasteiger partial charge in [0.25, 0.3) is 0 Å². The molecule has 0 bridgehead atoms. The highest BCUT2D eigenvalue weighted by Crippen LogP contribution is 2.26. The highest BCUT2D eigenvalue weighted by molar-refractivity contribution is 5.50. The van der Waals surface area contributed by atoms with Crippen molar-refractivity contribution in [2.45, 2.75) is 25.6 Å². The Morgan fingerprint density at radius 2 is 1.78 bits per heavy atom.